The number of carbonyl (C=O) groups excluding carboxylic acids is 2. The molecule has 1 aromatic carbocycles. The minimum absolute atomic E-state index is 0.0286. The standard InChI is InChI=1S/C22H23Cl2F3N4O4/c1-12(2)30-7-8-31(19(11-30)35-21(33)22(25,26)27)20(32)16-5-6-18(17(10-28)29-16)34-13-3-4-14(23)15(24)9-13/h3-6,9,12,19H,7-8,10-11,28H2,1-2H3. The average Bonchev–Trinajstić information content (AvgIpc) is 2.80. The number of carbonyl (C=O) groups is 2. The zero-order chi connectivity index (χ0) is 25.9. The highest BCUT2D eigenvalue weighted by atomic mass is 35.5. The minimum Gasteiger partial charge on any atom is -0.455 e. The number of rotatable bonds is 6. The van der Waals surface area contributed by atoms with Crippen molar-refractivity contribution in [2.45, 2.75) is 38.8 Å². The van der Waals surface area contributed by atoms with Crippen LogP contribution in [0.4, 0.5) is 13.2 Å². The number of benzene rings is 1. The molecule has 0 saturated carbocycles. The summed E-state index contributed by atoms with van der Waals surface area (Å²) in [5.41, 5.74) is 5.93. The molecule has 13 heteroatoms. The van der Waals surface area contributed by atoms with Gasteiger partial charge in [-0.1, -0.05) is 23.2 Å². The van der Waals surface area contributed by atoms with Crippen LogP contribution in [0.5, 0.6) is 11.5 Å². The van der Waals surface area contributed by atoms with Crippen LogP contribution in [-0.4, -0.2) is 64.7 Å². The van der Waals surface area contributed by atoms with Gasteiger partial charge < -0.3 is 15.2 Å². The zero-order valence-corrected chi connectivity index (χ0v) is 20.3. The van der Waals surface area contributed by atoms with E-state index in [1.54, 1.807) is 12.1 Å². The molecule has 1 aliphatic rings. The lowest BCUT2D eigenvalue weighted by molar-refractivity contribution is -0.214. The molecule has 1 atom stereocenters. The largest absolute Gasteiger partial charge is 0.491 e. The van der Waals surface area contributed by atoms with Crippen molar-refractivity contribution in [1.82, 2.24) is 14.8 Å². The number of amides is 1. The summed E-state index contributed by atoms with van der Waals surface area (Å²) < 4.78 is 48.9. The zero-order valence-electron chi connectivity index (χ0n) is 18.8. The summed E-state index contributed by atoms with van der Waals surface area (Å²) >= 11 is 11.9. The summed E-state index contributed by atoms with van der Waals surface area (Å²) in [4.78, 5) is 31.8. The van der Waals surface area contributed by atoms with Crippen molar-refractivity contribution >= 4 is 35.1 Å². The first-order valence-electron chi connectivity index (χ1n) is 10.6. The summed E-state index contributed by atoms with van der Waals surface area (Å²) in [5.74, 6) is -2.46. The van der Waals surface area contributed by atoms with E-state index >= 15 is 0 Å². The fourth-order valence-corrected chi connectivity index (χ4v) is 3.71. The van der Waals surface area contributed by atoms with Crippen molar-refractivity contribution in [3.8, 4) is 11.5 Å². The SMILES string of the molecule is CC(C)N1CCN(C(=O)c2ccc(Oc3ccc(Cl)c(Cl)c3)c(CN)n2)C(OC(=O)C(F)(F)F)C1. The van der Waals surface area contributed by atoms with Gasteiger partial charge in [0, 0.05) is 31.7 Å². The maximum atomic E-state index is 13.2. The van der Waals surface area contributed by atoms with Gasteiger partial charge in [0.2, 0.25) is 0 Å². The number of alkyl halides is 3. The van der Waals surface area contributed by atoms with Crippen molar-refractivity contribution in [2.24, 2.45) is 5.73 Å². The van der Waals surface area contributed by atoms with Crippen LogP contribution in [0.3, 0.4) is 0 Å². The number of aromatic nitrogens is 1. The lowest BCUT2D eigenvalue weighted by Gasteiger charge is -2.42. The Morgan fingerprint density at radius 1 is 1.17 bits per heavy atom. The van der Waals surface area contributed by atoms with Crippen molar-refractivity contribution < 1.29 is 32.2 Å². The Hall–Kier alpha value is -2.60. The number of halogens is 5. The molecule has 0 spiro atoms. The Labute approximate surface area is 209 Å². The Balaban J connectivity index is 1.84. The van der Waals surface area contributed by atoms with E-state index < -0.39 is 24.3 Å². The van der Waals surface area contributed by atoms with Gasteiger partial charge in [0.15, 0.2) is 6.23 Å². The molecular weight excluding hydrogens is 512 g/mol. The van der Waals surface area contributed by atoms with Crippen molar-refractivity contribution in [1.29, 1.82) is 0 Å². The van der Waals surface area contributed by atoms with Crippen LogP contribution < -0.4 is 10.5 Å². The van der Waals surface area contributed by atoms with E-state index in [0.717, 1.165) is 4.90 Å². The second-order valence-electron chi connectivity index (χ2n) is 7.97. The molecule has 190 valence electrons. The molecule has 2 heterocycles. The van der Waals surface area contributed by atoms with Crippen molar-refractivity contribution in [3.05, 3.63) is 51.8 Å². The maximum Gasteiger partial charge on any atom is 0.491 e. The number of esters is 1. The molecule has 1 amide bonds. The molecule has 2 N–H and O–H groups in total. The fraction of sp³-hybridized carbons (Fsp3) is 0.409. The first kappa shape index (κ1) is 27.0. The Bertz CT molecular complexity index is 1100. The molecule has 1 fully saturated rings. The number of ether oxygens (including phenoxy) is 2. The Kier molecular flexibility index (Phi) is 8.47. The highest BCUT2D eigenvalue weighted by Crippen LogP contribution is 2.31. The Morgan fingerprint density at radius 2 is 1.89 bits per heavy atom. The second-order valence-corrected chi connectivity index (χ2v) is 8.78. The lowest BCUT2D eigenvalue weighted by atomic mass is 10.2. The average molecular weight is 535 g/mol. The van der Waals surface area contributed by atoms with Gasteiger partial charge in [-0.3, -0.25) is 14.6 Å². The number of hydrogen-bond donors (Lipinski definition) is 1. The molecule has 1 saturated heterocycles. The molecule has 8 nitrogen and oxygen atoms in total. The van der Waals surface area contributed by atoms with Crippen molar-refractivity contribution in [2.75, 3.05) is 19.6 Å². The topological polar surface area (TPSA) is 98.0 Å². The third-order valence-corrected chi connectivity index (χ3v) is 6.03. The van der Waals surface area contributed by atoms with Crippen molar-refractivity contribution in [3.63, 3.8) is 0 Å². The first-order valence-corrected chi connectivity index (χ1v) is 11.3. The first-order chi connectivity index (χ1) is 16.4. The van der Waals surface area contributed by atoms with Crippen LogP contribution >= 0.6 is 23.2 Å². The van der Waals surface area contributed by atoms with Gasteiger partial charge in [-0.15, -0.1) is 0 Å². The fourth-order valence-electron chi connectivity index (χ4n) is 3.42. The molecule has 3 rings (SSSR count). The quantitative estimate of drug-likeness (QED) is 0.553. The van der Waals surface area contributed by atoms with Gasteiger partial charge in [0.1, 0.15) is 17.2 Å². The third-order valence-electron chi connectivity index (χ3n) is 5.30. The number of piperazine rings is 1. The van der Waals surface area contributed by atoms with E-state index in [2.05, 4.69) is 9.72 Å². The van der Waals surface area contributed by atoms with Gasteiger partial charge in [-0.05, 0) is 38.1 Å². The van der Waals surface area contributed by atoms with Crippen LogP contribution in [0.2, 0.25) is 10.0 Å². The summed E-state index contributed by atoms with van der Waals surface area (Å²) in [6, 6.07) is 7.42. The molecule has 35 heavy (non-hydrogen) atoms. The molecule has 0 aliphatic carbocycles. The summed E-state index contributed by atoms with van der Waals surface area (Å²) in [7, 11) is 0. The normalized spacial score (nSPS) is 16.9. The summed E-state index contributed by atoms with van der Waals surface area (Å²) in [5, 5.41) is 0.619. The van der Waals surface area contributed by atoms with E-state index in [-0.39, 0.29) is 47.8 Å². The van der Waals surface area contributed by atoms with Gasteiger partial charge in [0.05, 0.1) is 22.3 Å². The summed E-state index contributed by atoms with van der Waals surface area (Å²) in [6.45, 7) is 3.95. The lowest BCUT2D eigenvalue weighted by Crippen LogP contribution is -2.58. The van der Waals surface area contributed by atoms with Gasteiger partial charge in [0.25, 0.3) is 5.91 Å². The predicted octanol–water partition coefficient (Wildman–Crippen LogP) is 4.24. The summed E-state index contributed by atoms with van der Waals surface area (Å²) in [6.07, 6.45) is -6.63. The second kappa shape index (κ2) is 11.0. The van der Waals surface area contributed by atoms with Gasteiger partial charge in [-0.2, -0.15) is 13.2 Å². The number of hydrogen-bond acceptors (Lipinski definition) is 7. The van der Waals surface area contributed by atoms with E-state index in [9.17, 15) is 22.8 Å². The van der Waals surface area contributed by atoms with Crippen LogP contribution in [0.1, 0.15) is 30.0 Å². The molecule has 1 unspecified atom stereocenters. The highest BCUT2D eigenvalue weighted by Gasteiger charge is 2.45. The number of nitrogens with two attached hydrogens (primary N) is 1. The van der Waals surface area contributed by atoms with Crippen LogP contribution in [0.15, 0.2) is 30.3 Å². The molecule has 1 aromatic heterocycles. The maximum absolute atomic E-state index is 13.2. The van der Waals surface area contributed by atoms with E-state index in [1.165, 1.54) is 18.2 Å². The molecule has 2 aromatic rings. The van der Waals surface area contributed by atoms with Crippen LogP contribution in [0.25, 0.3) is 0 Å². The van der Waals surface area contributed by atoms with Crippen LogP contribution in [0, 0.1) is 0 Å². The molecule has 1 aliphatic heterocycles. The third kappa shape index (κ3) is 6.54. The highest BCUT2D eigenvalue weighted by molar-refractivity contribution is 6.42. The monoisotopic (exact) mass is 534 g/mol. The minimum atomic E-state index is -5.19. The van der Waals surface area contributed by atoms with Gasteiger partial charge in [-0.25, -0.2) is 9.78 Å². The van der Waals surface area contributed by atoms with Gasteiger partial charge >= 0.3 is 12.1 Å². The van der Waals surface area contributed by atoms with Crippen LogP contribution in [-0.2, 0) is 16.1 Å². The van der Waals surface area contributed by atoms with E-state index in [1.807, 2.05) is 18.7 Å². The molecule has 0 bridgehead atoms. The molecule has 0 radical (unpaired) electrons. The number of nitrogens with zero attached hydrogens (tertiary/aromatic N) is 3. The number of pyridine rings is 1. The smallest absolute Gasteiger partial charge is 0.455 e. The predicted molar refractivity (Wildman–Crippen MR) is 122 cm³/mol. The Morgan fingerprint density at radius 3 is 2.49 bits per heavy atom. The van der Waals surface area contributed by atoms with E-state index in [0.29, 0.717) is 17.3 Å². The van der Waals surface area contributed by atoms with E-state index in [4.69, 9.17) is 33.7 Å². The molecular formula is C22H23Cl2F3N4O4.